The van der Waals surface area contributed by atoms with E-state index in [0.29, 0.717) is 6.04 Å². The van der Waals surface area contributed by atoms with Crippen LogP contribution in [0.3, 0.4) is 0 Å². The number of para-hydroxylation sites is 1. The van der Waals surface area contributed by atoms with Crippen molar-refractivity contribution in [2.45, 2.75) is 40.3 Å². The van der Waals surface area contributed by atoms with Crippen molar-refractivity contribution in [1.29, 1.82) is 0 Å². The van der Waals surface area contributed by atoms with Gasteiger partial charge < -0.3 is 15.2 Å². The van der Waals surface area contributed by atoms with Gasteiger partial charge in [0.25, 0.3) is 0 Å². The monoisotopic (exact) mass is 351 g/mol. The summed E-state index contributed by atoms with van der Waals surface area (Å²) in [5.74, 6) is 0. The summed E-state index contributed by atoms with van der Waals surface area (Å²) in [6.45, 7) is 9.33. The van der Waals surface area contributed by atoms with Gasteiger partial charge in [-0.25, -0.2) is 0 Å². The van der Waals surface area contributed by atoms with Gasteiger partial charge in [0, 0.05) is 35.4 Å². The van der Waals surface area contributed by atoms with Crippen LogP contribution in [0.5, 0.6) is 0 Å². The summed E-state index contributed by atoms with van der Waals surface area (Å²) in [5, 5.41) is 5.42. The van der Waals surface area contributed by atoms with Crippen molar-refractivity contribution in [3.8, 4) is 0 Å². The lowest BCUT2D eigenvalue weighted by Gasteiger charge is -2.29. The molecule has 130 valence electrons. The number of aromatic nitrogens is 1. The average Bonchev–Trinajstić information content (AvgIpc) is 2.94. The number of thiocarbonyl (C=S) groups is 1. The van der Waals surface area contributed by atoms with E-state index in [2.05, 4.69) is 91.6 Å². The highest BCUT2D eigenvalue weighted by molar-refractivity contribution is 7.80. The Morgan fingerprint density at radius 2 is 1.80 bits per heavy atom. The molecule has 1 heterocycles. The Morgan fingerprint density at radius 3 is 2.48 bits per heavy atom. The second-order valence-corrected chi connectivity index (χ2v) is 7.27. The molecule has 0 bridgehead atoms. The minimum atomic E-state index is 0.305. The molecule has 0 aliphatic carbocycles. The zero-order valence-corrected chi connectivity index (χ0v) is 16.1. The SMILES string of the molecule is Cc1cc(C)cc(NC(=S)N(Cc2c[nH]c3ccccc23)C(C)C)c1. The second kappa shape index (κ2) is 7.28. The molecule has 0 amide bonds. The van der Waals surface area contributed by atoms with Crippen LogP contribution < -0.4 is 5.32 Å². The number of H-pyrrole nitrogens is 1. The molecular formula is C21H25N3S. The van der Waals surface area contributed by atoms with E-state index in [-0.39, 0.29) is 0 Å². The highest BCUT2D eigenvalue weighted by Gasteiger charge is 2.16. The number of aryl methyl sites for hydroxylation is 2. The first-order valence-corrected chi connectivity index (χ1v) is 9.06. The molecule has 1 aromatic heterocycles. The fraction of sp³-hybridized carbons (Fsp3) is 0.286. The van der Waals surface area contributed by atoms with E-state index in [1.165, 1.54) is 22.1 Å². The average molecular weight is 352 g/mol. The predicted molar refractivity (Wildman–Crippen MR) is 111 cm³/mol. The van der Waals surface area contributed by atoms with Crippen LogP contribution in [0, 0.1) is 13.8 Å². The molecule has 3 nitrogen and oxygen atoms in total. The van der Waals surface area contributed by atoms with Crippen LogP contribution in [-0.2, 0) is 6.54 Å². The van der Waals surface area contributed by atoms with E-state index < -0.39 is 0 Å². The van der Waals surface area contributed by atoms with Crippen LogP contribution in [0.1, 0.15) is 30.5 Å². The second-order valence-electron chi connectivity index (χ2n) is 6.89. The lowest BCUT2D eigenvalue weighted by Crippen LogP contribution is -2.39. The standard InChI is InChI=1S/C21H25N3S/c1-14(2)24(13-17-12-22-20-8-6-5-7-19(17)20)21(25)23-18-10-15(3)9-16(4)11-18/h5-12,14,22H,13H2,1-4H3,(H,23,25). The largest absolute Gasteiger partial charge is 0.361 e. The van der Waals surface area contributed by atoms with Gasteiger partial charge in [-0.2, -0.15) is 0 Å². The van der Waals surface area contributed by atoms with Gasteiger partial charge in [-0.05, 0) is 74.8 Å². The van der Waals surface area contributed by atoms with Crippen LogP contribution in [0.25, 0.3) is 10.9 Å². The van der Waals surface area contributed by atoms with Crippen LogP contribution in [0.4, 0.5) is 5.69 Å². The first kappa shape index (κ1) is 17.5. The van der Waals surface area contributed by atoms with Gasteiger partial charge >= 0.3 is 0 Å². The van der Waals surface area contributed by atoms with E-state index in [0.717, 1.165) is 22.9 Å². The molecule has 0 fully saturated rings. The zero-order valence-electron chi connectivity index (χ0n) is 15.3. The van der Waals surface area contributed by atoms with Gasteiger partial charge in [0.05, 0.1) is 0 Å². The predicted octanol–water partition coefficient (Wildman–Crippen LogP) is 5.39. The Morgan fingerprint density at radius 1 is 1.12 bits per heavy atom. The maximum atomic E-state index is 5.72. The summed E-state index contributed by atoms with van der Waals surface area (Å²) >= 11 is 5.72. The lowest BCUT2D eigenvalue weighted by molar-refractivity contribution is 0.349. The number of hydrogen-bond acceptors (Lipinski definition) is 1. The number of rotatable bonds is 4. The molecule has 2 aromatic carbocycles. The third kappa shape index (κ3) is 4.02. The van der Waals surface area contributed by atoms with Gasteiger partial charge in [-0.15, -0.1) is 0 Å². The van der Waals surface area contributed by atoms with E-state index in [1.807, 2.05) is 0 Å². The topological polar surface area (TPSA) is 31.1 Å². The van der Waals surface area contributed by atoms with Crippen molar-refractivity contribution in [3.05, 3.63) is 65.4 Å². The molecule has 0 unspecified atom stereocenters. The Labute approximate surface area is 155 Å². The van der Waals surface area contributed by atoms with Crippen LogP contribution in [-0.4, -0.2) is 21.0 Å². The van der Waals surface area contributed by atoms with E-state index in [1.54, 1.807) is 0 Å². The summed E-state index contributed by atoms with van der Waals surface area (Å²) in [6.07, 6.45) is 2.08. The normalized spacial score (nSPS) is 11.1. The van der Waals surface area contributed by atoms with Crippen molar-refractivity contribution >= 4 is 33.9 Å². The van der Waals surface area contributed by atoms with Crippen molar-refractivity contribution in [1.82, 2.24) is 9.88 Å². The molecule has 3 rings (SSSR count). The first-order valence-electron chi connectivity index (χ1n) is 8.65. The molecule has 0 aliphatic rings. The zero-order chi connectivity index (χ0) is 18.0. The summed E-state index contributed by atoms with van der Waals surface area (Å²) in [7, 11) is 0. The maximum absolute atomic E-state index is 5.72. The lowest BCUT2D eigenvalue weighted by atomic mass is 10.1. The quantitative estimate of drug-likeness (QED) is 0.618. The first-order chi connectivity index (χ1) is 11.9. The van der Waals surface area contributed by atoms with Gasteiger partial charge in [0.15, 0.2) is 5.11 Å². The van der Waals surface area contributed by atoms with Gasteiger partial charge in [-0.1, -0.05) is 24.3 Å². The third-order valence-electron chi connectivity index (χ3n) is 4.37. The number of anilines is 1. The Bertz CT molecular complexity index is 875. The summed E-state index contributed by atoms with van der Waals surface area (Å²) in [6, 6.07) is 15.1. The van der Waals surface area contributed by atoms with Crippen molar-refractivity contribution < 1.29 is 0 Å². The minimum absolute atomic E-state index is 0.305. The number of benzene rings is 2. The molecule has 0 saturated carbocycles. The highest BCUT2D eigenvalue weighted by Crippen LogP contribution is 2.21. The third-order valence-corrected chi connectivity index (χ3v) is 4.71. The fourth-order valence-electron chi connectivity index (χ4n) is 3.18. The number of hydrogen-bond donors (Lipinski definition) is 2. The number of aromatic amines is 1. The smallest absolute Gasteiger partial charge is 0.173 e. The molecule has 0 radical (unpaired) electrons. The molecule has 0 saturated heterocycles. The Hall–Kier alpha value is -2.33. The van der Waals surface area contributed by atoms with E-state index in [4.69, 9.17) is 12.2 Å². The Kier molecular flexibility index (Phi) is 5.09. The van der Waals surface area contributed by atoms with Crippen LogP contribution in [0.15, 0.2) is 48.7 Å². The van der Waals surface area contributed by atoms with Crippen molar-refractivity contribution in [3.63, 3.8) is 0 Å². The molecule has 4 heteroatoms. The van der Waals surface area contributed by atoms with Gasteiger partial charge in [0.2, 0.25) is 0 Å². The van der Waals surface area contributed by atoms with Gasteiger partial charge in [0.1, 0.15) is 0 Å². The number of fused-ring (bicyclic) bond motifs is 1. The van der Waals surface area contributed by atoms with Gasteiger partial charge in [-0.3, -0.25) is 0 Å². The van der Waals surface area contributed by atoms with Crippen molar-refractivity contribution in [2.24, 2.45) is 0 Å². The van der Waals surface area contributed by atoms with Crippen molar-refractivity contribution in [2.75, 3.05) is 5.32 Å². The molecule has 0 atom stereocenters. The van der Waals surface area contributed by atoms with E-state index in [9.17, 15) is 0 Å². The van der Waals surface area contributed by atoms with E-state index >= 15 is 0 Å². The summed E-state index contributed by atoms with van der Waals surface area (Å²) < 4.78 is 0. The number of nitrogens with one attached hydrogen (secondary N) is 2. The summed E-state index contributed by atoms with van der Waals surface area (Å²) in [4.78, 5) is 5.57. The molecule has 25 heavy (non-hydrogen) atoms. The molecular weight excluding hydrogens is 326 g/mol. The highest BCUT2D eigenvalue weighted by atomic mass is 32.1. The molecule has 0 spiro atoms. The fourth-order valence-corrected chi connectivity index (χ4v) is 3.57. The minimum Gasteiger partial charge on any atom is -0.361 e. The number of nitrogens with zero attached hydrogens (tertiary/aromatic N) is 1. The Balaban J connectivity index is 1.82. The molecule has 0 aliphatic heterocycles. The molecule has 2 N–H and O–H groups in total. The maximum Gasteiger partial charge on any atom is 0.173 e. The molecule has 3 aromatic rings. The van der Waals surface area contributed by atoms with Crippen LogP contribution >= 0.6 is 12.2 Å². The van der Waals surface area contributed by atoms with Crippen LogP contribution in [0.2, 0.25) is 0 Å². The summed E-state index contributed by atoms with van der Waals surface area (Å²) in [5.41, 5.74) is 5.94.